The monoisotopic (exact) mass is 2070 g/mol. The number of likely N-dealkylation sites (tertiary alicyclic amines) is 1. The van der Waals surface area contributed by atoms with Gasteiger partial charge in [0.05, 0.1) is 49.3 Å². The number of aliphatic hydroxyl groups excluding tert-OH is 2. The highest BCUT2D eigenvalue weighted by atomic mass is 32.2. The molecule has 1 aliphatic heterocycles. The number of hydrogen-bond acceptors (Lipinski definition) is 29. The molecule has 0 aliphatic carbocycles. The van der Waals surface area contributed by atoms with Crippen molar-refractivity contribution in [2.45, 2.75) is 327 Å². The molecular weight excluding hydrogens is 1920 g/mol. The maximum Gasteiger partial charge on any atom is 0.325 e. The summed E-state index contributed by atoms with van der Waals surface area (Å²) < 4.78 is 0. The number of carboxylic acid groups (broad SMARTS) is 2. The van der Waals surface area contributed by atoms with Gasteiger partial charge in [-0.1, -0.05) is 69.2 Å². The molecule has 34 N–H and O–H groups in total. The predicted molar refractivity (Wildman–Crippen MR) is 528 cm³/mol. The van der Waals surface area contributed by atoms with Gasteiger partial charge in [0.15, 0.2) is 5.96 Å². The van der Waals surface area contributed by atoms with E-state index in [-0.39, 0.29) is 145 Å². The molecule has 53 nitrogen and oxygen atoms in total. The fourth-order valence-electron chi connectivity index (χ4n) is 15.2. The van der Waals surface area contributed by atoms with Crippen molar-refractivity contribution >= 4 is 142 Å². The summed E-state index contributed by atoms with van der Waals surface area (Å²) in [7, 11) is 0. The van der Waals surface area contributed by atoms with E-state index in [0.717, 1.165) is 6.92 Å². The molecule has 1 fully saturated rings. The lowest BCUT2D eigenvalue weighted by Gasteiger charge is -2.30. The molecule has 2 aromatic heterocycles. The number of guanidine groups is 1. The maximum atomic E-state index is 15.0. The zero-order valence-corrected chi connectivity index (χ0v) is 85.5. The average Bonchev–Trinajstić information content (AvgIpc) is 1.69. The number of carboxylic acids is 2. The van der Waals surface area contributed by atoms with E-state index < -0.39 is 296 Å². The third-order valence-electron chi connectivity index (χ3n) is 22.8. The van der Waals surface area contributed by atoms with E-state index in [2.05, 4.69) is 110 Å². The number of carbonyl (C=O) groups excluding carboxylic acids is 19. The first kappa shape index (κ1) is 126. The van der Waals surface area contributed by atoms with Crippen LogP contribution < -0.4 is 119 Å². The van der Waals surface area contributed by atoms with Crippen molar-refractivity contribution in [3.8, 4) is 0 Å². The van der Waals surface area contributed by atoms with Gasteiger partial charge in [-0.3, -0.25) is 106 Å². The van der Waals surface area contributed by atoms with Crippen molar-refractivity contribution in [2.75, 3.05) is 44.8 Å². The number of nitrogens with two attached hydrogens (primary N) is 6. The number of amides is 19. The summed E-state index contributed by atoms with van der Waals surface area (Å²) in [5.41, 5.74) is 34.5. The Morgan fingerprint density at radius 3 is 1.21 bits per heavy atom. The van der Waals surface area contributed by atoms with E-state index in [9.17, 15) is 116 Å². The first-order chi connectivity index (χ1) is 68.2. The predicted octanol–water partition coefficient (Wildman–Crippen LogP) is -7.34. The maximum absolute atomic E-state index is 15.0. The highest BCUT2D eigenvalue weighted by Crippen LogP contribution is 2.23. The Balaban J connectivity index is 1.98. The van der Waals surface area contributed by atoms with Gasteiger partial charge in [0.2, 0.25) is 112 Å². The second-order valence-corrected chi connectivity index (χ2v) is 39.0. The van der Waals surface area contributed by atoms with Crippen molar-refractivity contribution in [3.63, 3.8) is 0 Å². The van der Waals surface area contributed by atoms with Crippen LogP contribution in [-0.2, 0) is 114 Å². The molecule has 18 atom stereocenters. The van der Waals surface area contributed by atoms with Crippen molar-refractivity contribution in [2.24, 2.45) is 69.0 Å². The molecule has 1 saturated heterocycles. The van der Waals surface area contributed by atoms with Crippen molar-refractivity contribution < 1.29 is 121 Å². The second-order valence-electron chi connectivity index (χ2n) is 38.0. The number of thioether (sulfide) groups is 1. The fraction of sp³-hybridized carbons (Fsp3) is 0.692. The molecule has 0 bridgehead atoms. The van der Waals surface area contributed by atoms with Gasteiger partial charge >= 0.3 is 11.9 Å². The van der Waals surface area contributed by atoms with E-state index in [1.807, 2.05) is 6.26 Å². The molecule has 145 heavy (non-hydrogen) atoms. The lowest BCUT2D eigenvalue weighted by Crippen LogP contribution is -2.62. The minimum atomic E-state index is -1.91. The number of nitrogens with zero attached hydrogens (tertiary/aromatic N) is 4. The van der Waals surface area contributed by atoms with E-state index in [0.29, 0.717) is 12.2 Å². The van der Waals surface area contributed by atoms with E-state index in [1.165, 1.54) is 48.6 Å². The van der Waals surface area contributed by atoms with Gasteiger partial charge in [0.25, 0.3) is 0 Å². The SMILES string of the molecule is CSCC[C@H](N)C(=O)N[C@@H](CCC(N)=O)C(=O)N1CCC[C@H]1C(=O)N[C@@H](CCCN=C(N)N)C(=O)N[C@@H](CCC(=O)O)C(=O)N[C@@H](CC(C)C)C(=O)N[C@@H](Cc1c[nH]cn1)C(=O)N[C@@H](CCCCN)C(=O)N[C@@H](CC(C)C)C(=O)N[C@H](C(=O)N[C@@H](CC(C)C)C(=O)N[C@@H](Cc1c[nH]cn1)C(=O)N[C@@H](CCC(N)=O)C(=O)N[C@@H](CC(C)C)C(=O)NCC(=O)N[C@@H](CO)C(=O)N[C@@H](CC(C)C)C(=O)N[C@@H](C)C(=O)O)[C@@H](C)O. The van der Waals surface area contributed by atoms with Crippen molar-refractivity contribution in [1.82, 2.24) is 110 Å². The summed E-state index contributed by atoms with van der Waals surface area (Å²) in [6.45, 7) is 17.5. The molecule has 0 radical (unpaired) electrons. The van der Waals surface area contributed by atoms with Crippen LogP contribution in [0.4, 0.5) is 0 Å². The summed E-state index contributed by atoms with van der Waals surface area (Å²) >= 11 is 1.44. The quantitative estimate of drug-likeness (QED) is 0.0166. The number of aliphatic imine (C=N–C) groups is 1. The number of rotatable bonds is 70. The minimum Gasteiger partial charge on any atom is -0.481 e. The fourth-order valence-corrected chi connectivity index (χ4v) is 15.7. The third-order valence-corrected chi connectivity index (χ3v) is 23.4. The molecule has 54 heteroatoms. The number of nitrogens with one attached hydrogen (secondary N) is 18. The van der Waals surface area contributed by atoms with Crippen LogP contribution in [0.5, 0.6) is 0 Å². The Hall–Kier alpha value is -13.2. The number of aromatic amines is 2. The molecule has 1 aliphatic rings. The van der Waals surface area contributed by atoms with Gasteiger partial charge in [0, 0.05) is 57.6 Å². The molecular formula is C91H154N28O25S. The number of unbranched alkanes of at least 4 members (excludes halogenated alkanes) is 1. The molecule has 0 unspecified atom stereocenters. The standard InChI is InChI=1S/C91H154N28O25S/c1-45(2)32-60(75(128)101-41-71(124)105-67(42-120)86(139)114-61(33-46(3)4)80(133)104-50(11)90(143)144)111-78(131)57(21-24-69(94)122)108-84(137)66(38-53-40-99-44-103-53)116-82(135)63(35-48(7)8)117-88(141)73(51(12)121)118-85(138)64(36-49(9)10)113-77(130)55(18-14-15-28-92)106-83(136)65(37-52-39-98-43-102-52)115-81(134)62(34-47(5)6)112-79(132)58(23-26-72(125)126)107-76(129)56(19-16-29-100-91(96)97)109-87(140)68-20-17-30-119(68)89(142)59(22-25-70(95)123)110-74(127)54(93)27-31-145-13/h39-40,43-51,54-68,73,120-121H,14-38,41-42,92-93H2,1-13H3,(H2,94,122)(H2,95,123)(H,98,102)(H,99,103)(H,101,128)(H,104,133)(H,105,124)(H,106,136)(H,107,129)(H,108,137)(H,109,140)(H,110,127)(H,111,131)(H,112,132)(H,113,130)(H,114,139)(H,115,134)(H,116,135)(H,117,141)(H,118,138)(H,125,126)(H,143,144)(H4,96,97,100)/t50-,51+,54-,55-,56-,57-,58-,59-,60-,61-,62-,63-,64-,65-,66-,67-,68-,73-/m0/s1. The Morgan fingerprint density at radius 1 is 0.441 bits per heavy atom. The Labute approximate surface area is 846 Å². The number of aliphatic carboxylic acids is 2. The molecule has 0 aromatic carbocycles. The van der Waals surface area contributed by atoms with Crippen LogP contribution in [0.2, 0.25) is 0 Å². The van der Waals surface area contributed by atoms with Gasteiger partial charge in [0.1, 0.15) is 96.7 Å². The Bertz CT molecular complexity index is 4640. The summed E-state index contributed by atoms with van der Waals surface area (Å²) in [4.78, 5) is 310. The summed E-state index contributed by atoms with van der Waals surface area (Å²) in [5.74, 6) is -22.7. The number of H-pyrrole nitrogens is 2. The molecule has 3 rings (SSSR count). The summed E-state index contributed by atoms with van der Waals surface area (Å²) in [6.07, 6.45) is 1.83. The number of imidazole rings is 2. The van der Waals surface area contributed by atoms with E-state index >= 15 is 4.79 Å². The number of primary amides is 2. The third kappa shape index (κ3) is 47.9. The molecule has 19 amide bonds. The highest BCUT2D eigenvalue weighted by Gasteiger charge is 2.43. The minimum absolute atomic E-state index is 0.00483. The number of aromatic nitrogens is 4. The zero-order valence-electron chi connectivity index (χ0n) is 84.7. The van der Waals surface area contributed by atoms with Crippen LogP contribution >= 0.6 is 11.8 Å². The normalized spacial score (nSPS) is 15.9. The summed E-state index contributed by atoms with van der Waals surface area (Å²) in [5, 5.41) is 81.0. The van der Waals surface area contributed by atoms with Gasteiger partial charge in [-0.15, -0.1) is 0 Å². The molecule has 3 heterocycles. The van der Waals surface area contributed by atoms with Crippen LogP contribution in [0.25, 0.3) is 0 Å². The first-order valence-electron chi connectivity index (χ1n) is 48.6. The van der Waals surface area contributed by atoms with Crippen LogP contribution in [0.3, 0.4) is 0 Å². The molecule has 2 aromatic rings. The Kier molecular flexibility index (Phi) is 56.6. The number of hydrogen-bond donors (Lipinski definition) is 28. The smallest absolute Gasteiger partial charge is 0.325 e. The Morgan fingerprint density at radius 2 is 0.814 bits per heavy atom. The molecule has 0 spiro atoms. The molecule has 814 valence electrons. The number of carbonyl (C=O) groups is 21. The lowest BCUT2D eigenvalue weighted by atomic mass is 9.99. The van der Waals surface area contributed by atoms with E-state index in [4.69, 9.17) is 34.4 Å². The van der Waals surface area contributed by atoms with Crippen LogP contribution in [0, 0.1) is 29.6 Å². The van der Waals surface area contributed by atoms with Crippen LogP contribution in [0.1, 0.15) is 216 Å². The molecule has 0 saturated carbocycles. The first-order valence-corrected chi connectivity index (χ1v) is 50.0. The summed E-state index contributed by atoms with van der Waals surface area (Å²) in [6, 6.07) is -25.9. The van der Waals surface area contributed by atoms with Gasteiger partial charge in [-0.2, -0.15) is 11.8 Å². The topological polar surface area (TPSA) is 861 Å². The largest absolute Gasteiger partial charge is 0.481 e. The lowest BCUT2D eigenvalue weighted by molar-refractivity contribution is -0.142. The van der Waals surface area contributed by atoms with Gasteiger partial charge in [-0.05, 0) is 165 Å². The van der Waals surface area contributed by atoms with E-state index in [1.54, 1.807) is 69.2 Å². The van der Waals surface area contributed by atoms with Crippen molar-refractivity contribution in [3.05, 3.63) is 36.4 Å². The van der Waals surface area contributed by atoms with Crippen LogP contribution in [-0.4, -0.2) is 329 Å². The number of aliphatic hydroxyl groups is 2. The highest BCUT2D eigenvalue weighted by molar-refractivity contribution is 7.98. The van der Waals surface area contributed by atoms with Gasteiger partial charge in [-0.25, -0.2) is 9.97 Å². The van der Waals surface area contributed by atoms with Gasteiger partial charge < -0.3 is 155 Å². The van der Waals surface area contributed by atoms with Crippen LogP contribution in [0.15, 0.2) is 30.0 Å². The second kappa shape index (κ2) is 65.2. The zero-order chi connectivity index (χ0) is 109. The average molecular weight is 2070 g/mol. The van der Waals surface area contributed by atoms with Crippen molar-refractivity contribution in [1.29, 1.82) is 0 Å².